The molecule has 0 radical (unpaired) electrons. The van der Waals surface area contributed by atoms with Gasteiger partial charge in [-0.25, -0.2) is 0 Å². The number of carbonyl (C=O) groups is 2. The van der Waals surface area contributed by atoms with Crippen LogP contribution in [0.3, 0.4) is 0 Å². The fraction of sp³-hybridized carbons (Fsp3) is 0.211. The van der Waals surface area contributed by atoms with Crippen LogP contribution in [-0.2, 0) is 9.59 Å². The fourth-order valence-corrected chi connectivity index (χ4v) is 2.73. The van der Waals surface area contributed by atoms with Gasteiger partial charge in [0, 0.05) is 5.02 Å². The highest BCUT2D eigenvalue weighted by Gasteiger charge is 2.10. The summed E-state index contributed by atoms with van der Waals surface area (Å²) < 4.78 is 10.8. The summed E-state index contributed by atoms with van der Waals surface area (Å²) in [6.45, 7) is 3.27. The highest BCUT2D eigenvalue weighted by Crippen LogP contribution is 2.27. The standard InChI is InChI=1S/C19H19Cl2N3O4S/c1-11-3-4-12(2)16(7-11)28-9-17(25)22-19(29)24-23-18(26)10-27-15-6-5-13(20)8-14(15)21/h3-8H,9-10H2,1-2H3,(H,23,26)(H2,22,24,25,29). The second-order valence-electron chi connectivity index (χ2n) is 5.97. The second-order valence-corrected chi connectivity index (χ2v) is 7.22. The lowest BCUT2D eigenvalue weighted by Gasteiger charge is -2.13. The van der Waals surface area contributed by atoms with Gasteiger partial charge < -0.3 is 9.47 Å². The van der Waals surface area contributed by atoms with Crippen LogP contribution in [-0.4, -0.2) is 30.1 Å². The maximum Gasteiger partial charge on any atom is 0.276 e. The van der Waals surface area contributed by atoms with Crippen LogP contribution in [0, 0.1) is 13.8 Å². The Morgan fingerprint density at radius 3 is 2.34 bits per heavy atom. The van der Waals surface area contributed by atoms with Crippen molar-refractivity contribution in [1.82, 2.24) is 16.2 Å². The first kappa shape index (κ1) is 22.7. The van der Waals surface area contributed by atoms with E-state index >= 15 is 0 Å². The van der Waals surface area contributed by atoms with Crippen LogP contribution in [0.15, 0.2) is 36.4 Å². The Morgan fingerprint density at radius 1 is 0.931 bits per heavy atom. The molecular formula is C19H19Cl2N3O4S. The zero-order chi connectivity index (χ0) is 21.4. The van der Waals surface area contributed by atoms with Crippen molar-refractivity contribution in [3.05, 3.63) is 57.6 Å². The number of ether oxygens (including phenoxy) is 2. The number of benzene rings is 2. The van der Waals surface area contributed by atoms with Crippen molar-refractivity contribution < 1.29 is 19.1 Å². The molecule has 0 spiro atoms. The van der Waals surface area contributed by atoms with Crippen molar-refractivity contribution in [3.63, 3.8) is 0 Å². The molecule has 0 saturated heterocycles. The summed E-state index contributed by atoms with van der Waals surface area (Å²) >= 11 is 16.7. The number of carbonyl (C=O) groups excluding carboxylic acids is 2. The minimum Gasteiger partial charge on any atom is -0.483 e. The summed E-state index contributed by atoms with van der Waals surface area (Å²) in [5.74, 6) is -0.0721. The second kappa shape index (κ2) is 10.8. The van der Waals surface area contributed by atoms with Gasteiger partial charge >= 0.3 is 0 Å². The molecular weight excluding hydrogens is 437 g/mol. The molecule has 0 bridgehead atoms. The quantitative estimate of drug-likeness (QED) is 0.458. The number of hydrogen-bond acceptors (Lipinski definition) is 5. The molecule has 0 unspecified atom stereocenters. The Kier molecular flexibility index (Phi) is 8.50. The number of halogens is 2. The minimum absolute atomic E-state index is 0.0857. The lowest BCUT2D eigenvalue weighted by atomic mass is 10.1. The van der Waals surface area contributed by atoms with Gasteiger partial charge in [-0.05, 0) is 61.5 Å². The van der Waals surface area contributed by atoms with Gasteiger partial charge in [0.25, 0.3) is 11.8 Å². The van der Waals surface area contributed by atoms with E-state index in [1.54, 1.807) is 12.1 Å². The van der Waals surface area contributed by atoms with Crippen LogP contribution < -0.4 is 25.6 Å². The van der Waals surface area contributed by atoms with Crippen LogP contribution in [0.1, 0.15) is 11.1 Å². The first-order chi connectivity index (χ1) is 13.7. The smallest absolute Gasteiger partial charge is 0.276 e. The number of hydrogen-bond donors (Lipinski definition) is 3. The molecule has 29 heavy (non-hydrogen) atoms. The van der Waals surface area contributed by atoms with Crippen LogP contribution in [0.25, 0.3) is 0 Å². The third-order valence-corrected chi connectivity index (χ3v) is 4.26. The number of aryl methyl sites for hydroxylation is 2. The van der Waals surface area contributed by atoms with Gasteiger partial charge in [-0.15, -0.1) is 0 Å². The summed E-state index contributed by atoms with van der Waals surface area (Å²) in [7, 11) is 0. The topological polar surface area (TPSA) is 88.7 Å². The van der Waals surface area contributed by atoms with E-state index in [2.05, 4.69) is 16.2 Å². The Hall–Kier alpha value is -2.55. The summed E-state index contributed by atoms with van der Waals surface area (Å²) in [5.41, 5.74) is 6.64. The molecule has 0 saturated carbocycles. The van der Waals surface area contributed by atoms with E-state index in [9.17, 15) is 9.59 Å². The van der Waals surface area contributed by atoms with Gasteiger partial charge in [0.1, 0.15) is 11.5 Å². The number of thiocarbonyl (C=S) groups is 1. The van der Waals surface area contributed by atoms with Gasteiger partial charge in [-0.1, -0.05) is 35.3 Å². The van der Waals surface area contributed by atoms with Crippen LogP contribution in [0.4, 0.5) is 0 Å². The lowest BCUT2D eigenvalue weighted by molar-refractivity contribution is -0.124. The normalized spacial score (nSPS) is 10.1. The molecule has 154 valence electrons. The number of amides is 2. The molecule has 2 amide bonds. The third-order valence-electron chi connectivity index (χ3n) is 3.52. The number of rotatable bonds is 6. The zero-order valence-electron chi connectivity index (χ0n) is 15.7. The molecule has 0 aliphatic carbocycles. The van der Waals surface area contributed by atoms with Gasteiger partial charge in [0.2, 0.25) is 0 Å². The number of hydrazine groups is 1. The Bertz CT molecular complexity index is 924. The van der Waals surface area contributed by atoms with Crippen molar-refractivity contribution in [2.75, 3.05) is 13.2 Å². The first-order valence-electron chi connectivity index (χ1n) is 8.41. The van der Waals surface area contributed by atoms with Gasteiger partial charge in [0.05, 0.1) is 5.02 Å². The zero-order valence-corrected chi connectivity index (χ0v) is 18.0. The van der Waals surface area contributed by atoms with Crippen molar-refractivity contribution in [2.24, 2.45) is 0 Å². The van der Waals surface area contributed by atoms with Crippen LogP contribution >= 0.6 is 35.4 Å². The third kappa shape index (κ3) is 7.77. The summed E-state index contributed by atoms with van der Waals surface area (Å²) in [6.07, 6.45) is 0. The maximum atomic E-state index is 11.9. The van der Waals surface area contributed by atoms with E-state index in [4.69, 9.17) is 44.9 Å². The average Bonchev–Trinajstić information content (AvgIpc) is 2.66. The van der Waals surface area contributed by atoms with Crippen molar-refractivity contribution >= 4 is 52.3 Å². The van der Waals surface area contributed by atoms with E-state index < -0.39 is 11.8 Å². The molecule has 0 atom stereocenters. The predicted octanol–water partition coefficient (Wildman–Crippen LogP) is 3.09. The van der Waals surface area contributed by atoms with Crippen molar-refractivity contribution in [2.45, 2.75) is 13.8 Å². The average molecular weight is 456 g/mol. The Labute approximate surface area is 183 Å². The molecule has 10 heteroatoms. The highest BCUT2D eigenvalue weighted by atomic mass is 35.5. The summed E-state index contributed by atoms with van der Waals surface area (Å²) in [6, 6.07) is 10.3. The predicted molar refractivity (Wildman–Crippen MR) is 115 cm³/mol. The highest BCUT2D eigenvalue weighted by molar-refractivity contribution is 7.80. The van der Waals surface area contributed by atoms with Crippen molar-refractivity contribution in [3.8, 4) is 11.5 Å². The van der Waals surface area contributed by atoms with Crippen LogP contribution in [0.5, 0.6) is 11.5 Å². The fourth-order valence-electron chi connectivity index (χ4n) is 2.10. The largest absolute Gasteiger partial charge is 0.483 e. The van der Waals surface area contributed by atoms with E-state index in [1.165, 1.54) is 6.07 Å². The monoisotopic (exact) mass is 455 g/mol. The van der Waals surface area contributed by atoms with Crippen molar-refractivity contribution in [1.29, 1.82) is 0 Å². The van der Waals surface area contributed by atoms with E-state index in [0.29, 0.717) is 16.5 Å². The maximum absolute atomic E-state index is 11.9. The SMILES string of the molecule is Cc1ccc(C)c(OCC(=O)NC(=S)NNC(=O)COc2ccc(Cl)cc2Cl)c1. The van der Waals surface area contributed by atoms with E-state index in [-0.39, 0.29) is 23.3 Å². The molecule has 0 aliphatic heterocycles. The van der Waals surface area contributed by atoms with Gasteiger partial charge in [-0.3, -0.25) is 25.8 Å². The van der Waals surface area contributed by atoms with E-state index in [0.717, 1.165) is 11.1 Å². The molecule has 0 heterocycles. The summed E-state index contributed by atoms with van der Waals surface area (Å²) in [4.78, 5) is 23.7. The Balaban J connectivity index is 1.69. The van der Waals surface area contributed by atoms with Crippen LogP contribution in [0.2, 0.25) is 10.0 Å². The molecule has 0 aromatic heterocycles. The molecule has 7 nitrogen and oxygen atoms in total. The number of nitrogens with one attached hydrogen (secondary N) is 3. The molecule has 2 rings (SSSR count). The molecule has 2 aromatic rings. The molecule has 3 N–H and O–H groups in total. The molecule has 0 fully saturated rings. The lowest BCUT2D eigenvalue weighted by Crippen LogP contribution is -2.50. The Morgan fingerprint density at radius 2 is 1.62 bits per heavy atom. The summed E-state index contributed by atoms with van der Waals surface area (Å²) in [5, 5.41) is 3.05. The molecule has 2 aromatic carbocycles. The first-order valence-corrected chi connectivity index (χ1v) is 9.57. The van der Waals surface area contributed by atoms with Gasteiger partial charge in [0.15, 0.2) is 18.3 Å². The van der Waals surface area contributed by atoms with E-state index in [1.807, 2.05) is 32.0 Å². The minimum atomic E-state index is -0.528. The molecule has 0 aliphatic rings. The van der Waals surface area contributed by atoms with Gasteiger partial charge in [-0.2, -0.15) is 0 Å².